The summed E-state index contributed by atoms with van der Waals surface area (Å²) in [6.45, 7) is 3.83. The zero-order chi connectivity index (χ0) is 13.3. The zero-order valence-electron chi connectivity index (χ0n) is 10.2. The fourth-order valence-electron chi connectivity index (χ4n) is 1.88. The number of hydrogen-bond donors (Lipinski definition) is 2. The Morgan fingerprint density at radius 1 is 1.28 bits per heavy atom. The van der Waals surface area contributed by atoms with E-state index in [0.29, 0.717) is 21.8 Å². The SMILES string of the molecule is Cc1cc(C)c(C#N)c(-c2ccc(N)c(S)c2)n1. The average molecular weight is 255 g/mol. The summed E-state index contributed by atoms with van der Waals surface area (Å²) in [4.78, 5) is 5.14. The van der Waals surface area contributed by atoms with Gasteiger partial charge in [-0.2, -0.15) is 5.26 Å². The van der Waals surface area contributed by atoms with Crippen molar-refractivity contribution in [3.8, 4) is 17.3 Å². The molecule has 0 amide bonds. The van der Waals surface area contributed by atoms with Crippen molar-refractivity contribution in [2.45, 2.75) is 18.7 Å². The molecule has 0 saturated heterocycles. The van der Waals surface area contributed by atoms with E-state index in [4.69, 9.17) is 5.73 Å². The monoisotopic (exact) mass is 255 g/mol. The van der Waals surface area contributed by atoms with Crippen molar-refractivity contribution in [2.75, 3.05) is 5.73 Å². The molecule has 0 spiro atoms. The van der Waals surface area contributed by atoms with E-state index in [1.807, 2.05) is 32.0 Å². The van der Waals surface area contributed by atoms with Crippen LogP contribution in [0, 0.1) is 25.2 Å². The van der Waals surface area contributed by atoms with Crippen LogP contribution in [0.5, 0.6) is 0 Å². The van der Waals surface area contributed by atoms with Crippen LogP contribution in [0.1, 0.15) is 16.8 Å². The number of rotatable bonds is 1. The molecule has 1 heterocycles. The van der Waals surface area contributed by atoms with Gasteiger partial charge in [-0.3, -0.25) is 4.98 Å². The Labute approximate surface area is 112 Å². The second-order valence-electron chi connectivity index (χ2n) is 4.19. The number of aromatic nitrogens is 1. The van der Waals surface area contributed by atoms with Crippen molar-refractivity contribution in [1.29, 1.82) is 5.26 Å². The van der Waals surface area contributed by atoms with Crippen molar-refractivity contribution in [1.82, 2.24) is 4.98 Å². The molecular formula is C14H13N3S. The molecule has 0 fully saturated rings. The number of nitrogens with two attached hydrogens (primary N) is 1. The third-order valence-corrected chi connectivity index (χ3v) is 3.15. The summed E-state index contributed by atoms with van der Waals surface area (Å²) in [6, 6.07) is 9.58. The molecule has 2 aromatic rings. The van der Waals surface area contributed by atoms with Crippen LogP contribution in [0.4, 0.5) is 5.69 Å². The van der Waals surface area contributed by atoms with E-state index in [2.05, 4.69) is 23.7 Å². The van der Waals surface area contributed by atoms with Crippen molar-refractivity contribution < 1.29 is 0 Å². The van der Waals surface area contributed by atoms with Gasteiger partial charge in [-0.05, 0) is 37.6 Å². The minimum atomic E-state index is 0.595. The number of nitriles is 1. The van der Waals surface area contributed by atoms with Gasteiger partial charge in [0.05, 0.1) is 11.3 Å². The number of anilines is 1. The average Bonchev–Trinajstić information content (AvgIpc) is 2.32. The lowest BCUT2D eigenvalue weighted by Gasteiger charge is -2.09. The smallest absolute Gasteiger partial charge is 0.102 e. The summed E-state index contributed by atoms with van der Waals surface area (Å²) in [6.07, 6.45) is 0. The fourth-order valence-corrected chi connectivity index (χ4v) is 2.09. The molecule has 0 aliphatic heterocycles. The zero-order valence-corrected chi connectivity index (χ0v) is 11.1. The molecule has 3 nitrogen and oxygen atoms in total. The highest BCUT2D eigenvalue weighted by Crippen LogP contribution is 2.28. The number of thiol groups is 1. The van der Waals surface area contributed by atoms with E-state index in [9.17, 15) is 5.26 Å². The molecule has 1 aromatic heterocycles. The van der Waals surface area contributed by atoms with Gasteiger partial charge in [0.15, 0.2) is 0 Å². The molecule has 0 bridgehead atoms. The molecule has 1 aromatic carbocycles. The van der Waals surface area contributed by atoms with Gasteiger partial charge >= 0.3 is 0 Å². The quantitative estimate of drug-likeness (QED) is 0.608. The minimum Gasteiger partial charge on any atom is -0.398 e. The molecule has 18 heavy (non-hydrogen) atoms. The first-order valence-electron chi connectivity index (χ1n) is 5.50. The number of benzene rings is 1. The van der Waals surface area contributed by atoms with Crippen LogP contribution in [0.2, 0.25) is 0 Å². The summed E-state index contributed by atoms with van der Waals surface area (Å²) in [7, 11) is 0. The van der Waals surface area contributed by atoms with Crippen molar-refractivity contribution in [3.05, 3.63) is 41.1 Å². The van der Waals surface area contributed by atoms with E-state index in [0.717, 1.165) is 16.8 Å². The van der Waals surface area contributed by atoms with Crippen LogP contribution in [-0.4, -0.2) is 4.98 Å². The standard InChI is InChI=1S/C14H13N3S/c1-8-5-9(2)17-14(11(8)7-15)10-3-4-12(16)13(18)6-10/h3-6,18H,16H2,1-2H3. The van der Waals surface area contributed by atoms with Crippen LogP contribution in [0.15, 0.2) is 29.2 Å². The van der Waals surface area contributed by atoms with E-state index in [-0.39, 0.29) is 0 Å². The molecule has 0 radical (unpaired) electrons. The lowest BCUT2D eigenvalue weighted by Crippen LogP contribution is -1.96. The Hall–Kier alpha value is -1.99. The maximum Gasteiger partial charge on any atom is 0.102 e. The highest BCUT2D eigenvalue weighted by Gasteiger charge is 2.11. The minimum absolute atomic E-state index is 0.595. The van der Waals surface area contributed by atoms with Crippen LogP contribution >= 0.6 is 12.6 Å². The van der Waals surface area contributed by atoms with E-state index >= 15 is 0 Å². The third kappa shape index (κ3) is 2.18. The summed E-state index contributed by atoms with van der Waals surface area (Å²) in [5.41, 5.74) is 10.3. The summed E-state index contributed by atoms with van der Waals surface area (Å²) in [5.74, 6) is 0. The van der Waals surface area contributed by atoms with Crippen LogP contribution in [0.25, 0.3) is 11.3 Å². The number of pyridine rings is 1. The molecule has 2 N–H and O–H groups in total. The molecule has 2 rings (SSSR count). The highest BCUT2D eigenvalue weighted by molar-refractivity contribution is 7.80. The lowest BCUT2D eigenvalue weighted by molar-refractivity contribution is 1.16. The molecule has 4 heteroatoms. The first-order chi connectivity index (χ1) is 8.52. The van der Waals surface area contributed by atoms with Gasteiger partial charge in [-0.25, -0.2) is 0 Å². The fraction of sp³-hybridized carbons (Fsp3) is 0.143. The maximum atomic E-state index is 9.24. The van der Waals surface area contributed by atoms with E-state index < -0.39 is 0 Å². The normalized spacial score (nSPS) is 10.1. The topological polar surface area (TPSA) is 62.7 Å². The molecule has 0 aliphatic rings. The largest absolute Gasteiger partial charge is 0.398 e. The van der Waals surface area contributed by atoms with Gasteiger partial charge in [0.1, 0.15) is 6.07 Å². The van der Waals surface area contributed by atoms with Gasteiger partial charge in [-0.1, -0.05) is 6.07 Å². The molecular weight excluding hydrogens is 242 g/mol. The Balaban J connectivity index is 2.70. The highest BCUT2D eigenvalue weighted by atomic mass is 32.1. The van der Waals surface area contributed by atoms with Crippen molar-refractivity contribution >= 4 is 18.3 Å². The van der Waals surface area contributed by atoms with Crippen LogP contribution in [0.3, 0.4) is 0 Å². The molecule has 90 valence electrons. The Bertz CT molecular complexity index is 657. The van der Waals surface area contributed by atoms with Gasteiger partial charge < -0.3 is 5.73 Å². The Morgan fingerprint density at radius 2 is 2.00 bits per heavy atom. The number of nitrogens with zero attached hydrogens (tertiary/aromatic N) is 2. The Morgan fingerprint density at radius 3 is 2.61 bits per heavy atom. The van der Waals surface area contributed by atoms with Gasteiger partial charge in [0.2, 0.25) is 0 Å². The molecule has 0 unspecified atom stereocenters. The van der Waals surface area contributed by atoms with Crippen molar-refractivity contribution in [2.24, 2.45) is 0 Å². The van der Waals surface area contributed by atoms with E-state index in [1.54, 1.807) is 6.07 Å². The van der Waals surface area contributed by atoms with Crippen LogP contribution in [-0.2, 0) is 0 Å². The second kappa shape index (κ2) is 4.71. The Kier molecular flexibility index (Phi) is 3.26. The molecule has 0 saturated carbocycles. The first kappa shape index (κ1) is 12.5. The summed E-state index contributed by atoms with van der Waals surface area (Å²) >= 11 is 4.30. The number of aryl methyl sites for hydroxylation is 2. The van der Waals surface area contributed by atoms with Gasteiger partial charge in [-0.15, -0.1) is 12.6 Å². The van der Waals surface area contributed by atoms with Gasteiger partial charge in [0.25, 0.3) is 0 Å². The lowest BCUT2D eigenvalue weighted by atomic mass is 10.0. The second-order valence-corrected chi connectivity index (χ2v) is 4.67. The number of hydrogen-bond acceptors (Lipinski definition) is 4. The van der Waals surface area contributed by atoms with E-state index in [1.165, 1.54) is 0 Å². The number of nitrogen functional groups attached to an aromatic ring is 1. The molecule has 0 atom stereocenters. The predicted octanol–water partition coefficient (Wildman–Crippen LogP) is 3.11. The van der Waals surface area contributed by atoms with Gasteiger partial charge in [0, 0.05) is 21.8 Å². The summed E-state index contributed by atoms with van der Waals surface area (Å²) < 4.78 is 0. The van der Waals surface area contributed by atoms with Crippen LogP contribution < -0.4 is 5.73 Å². The molecule has 0 aliphatic carbocycles. The first-order valence-corrected chi connectivity index (χ1v) is 5.95. The third-order valence-electron chi connectivity index (χ3n) is 2.76. The predicted molar refractivity (Wildman–Crippen MR) is 75.5 cm³/mol. The van der Waals surface area contributed by atoms with Crippen molar-refractivity contribution in [3.63, 3.8) is 0 Å². The summed E-state index contributed by atoms with van der Waals surface area (Å²) in [5, 5.41) is 9.24. The maximum absolute atomic E-state index is 9.24.